The SMILES string of the molecule is CSc1cn(COCC[Si](C)(C)C)c(C(O)(c2ccc(Cl)cc2)c2ccc(Cl)c(C(F)(F)F)n2)n1. The lowest BCUT2D eigenvalue weighted by Crippen LogP contribution is -2.34. The first-order valence-electron chi connectivity index (χ1n) is 10.7. The molecule has 1 aromatic carbocycles. The standard InChI is InChI=1S/C23H26Cl2F3N3O2SSi/c1-34-19-13-31(14-33-11-12-35(2,3)4)21(30-19)22(32,15-5-7-16(24)8-6-15)18-10-9-17(25)20(29-18)23(26,27)28/h5-10,13,32H,11-12,14H2,1-4H3. The van der Waals surface area contributed by atoms with Crippen LogP contribution in [0.4, 0.5) is 13.2 Å². The van der Waals surface area contributed by atoms with Crippen molar-refractivity contribution in [3.8, 4) is 0 Å². The van der Waals surface area contributed by atoms with Gasteiger partial charge in [0.1, 0.15) is 11.8 Å². The Morgan fingerprint density at radius 1 is 1.06 bits per heavy atom. The molecule has 3 rings (SSSR count). The Balaban J connectivity index is 2.16. The van der Waals surface area contributed by atoms with Crippen LogP contribution in [0.5, 0.6) is 0 Å². The molecule has 0 aliphatic heterocycles. The van der Waals surface area contributed by atoms with E-state index in [-0.39, 0.29) is 23.8 Å². The zero-order chi connectivity index (χ0) is 26.0. The zero-order valence-corrected chi connectivity index (χ0v) is 23.0. The van der Waals surface area contributed by atoms with Crippen LogP contribution in [0.2, 0.25) is 35.7 Å². The van der Waals surface area contributed by atoms with Crippen molar-refractivity contribution in [2.45, 2.75) is 49.2 Å². The predicted octanol–water partition coefficient (Wildman–Crippen LogP) is 6.92. The molecule has 0 saturated heterocycles. The van der Waals surface area contributed by atoms with Gasteiger partial charge < -0.3 is 14.4 Å². The van der Waals surface area contributed by atoms with Gasteiger partial charge in [0.2, 0.25) is 0 Å². The van der Waals surface area contributed by atoms with Crippen molar-refractivity contribution in [3.63, 3.8) is 0 Å². The number of hydrogen-bond acceptors (Lipinski definition) is 5. The minimum atomic E-state index is -4.81. The number of ether oxygens (including phenoxy) is 1. The minimum Gasteiger partial charge on any atom is -0.372 e. The van der Waals surface area contributed by atoms with Crippen LogP contribution in [0.3, 0.4) is 0 Å². The summed E-state index contributed by atoms with van der Waals surface area (Å²) in [5.41, 5.74) is -3.48. The summed E-state index contributed by atoms with van der Waals surface area (Å²) in [6.45, 7) is 7.26. The van der Waals surface area contributed by atoms with Gasteiger partial charge in [0.15, 0.2) is 17.1 Å². The van der Waals surface area contributed by atoms with Gasteiger partial charge in [0, 0.05) is 25.9 Å². The largest absolute Gasteiger partial charge is 0.434 e. The molecule has 1 N–H and O–H groups in total. The summed E-state index contributed by atoms with van der Waals surface area (Å²) in [5.74, 6) is 0.0696. The van der Waals surface area contributed by atoms with E-state index in [2.05, 4.69) is 29.6 Å². The fourth-order valence-electron chi connectivity index (χ4n) is 3.34. The second kappa shape index (κ2) is 10.8. The third kappa shape index (κ3) is 6.61. The summed E-state index contributed by atoms with van der Waals surface area (Å²) < 4.78 is 48.3. The van der Waals surface area contributed by atoms with Gasteiger partial charge in [-0.1, -0.05) is 55.0 Å². The Bertz CT molecular complexity index is 1170. The summed E-state index contributed by atoms with van der Waals surface area (Å²) in [6.07, 6.45) is -1.31. The lowest BCUT2D eigenvalue weighted by molar-refractivity contribution is -0.141. The molecule has 3 aromatic rings. The molecule has 0 fully saturated rings. The highest BCUT2D eigenvalue weighted by molar-refractivity contribution is 7.98. The summed E-state index contributed by atoms with van der Waals surface area (Å²) in [6, 6.07) is 9.38. The second-order valence-electron chi connectivity index (χ2n) is 9.17. The van der Waals surface area contributed by atoms with Gasteiger partial charge in [-0.2, -0.15) is 13.2 Å². The van der Waals surface area contributed by atoms with Crippen molar-refractivity contribution in [2.24, 2.45) is 0 Å². The maximum atomic E-state index is 13.6. The van der Waals surface area contributed by atoms with Gasteiger partial charge in [0.05, 0.1) is 10.7 Å². The van der Waals surface area contributed by atoms with Crippen molar-refractivity contribution < 1.29 is 23.0 Å². The third-order valence-corrected chi connectivity index (χ3v) is 8.14. The van der Waals surface area contributed by atoms with Crippen molar-refractivity contribution >= 4 is 43.0 Å². The molecular weight excluding hydrogens is 538 g/mol. The summed E-state index contributed by atoms with van der Waals surface area (Å²) in [7, 11) is -1.33. The van der Waals surface area contributed by atoms with E-state index >= 15 is 0 Å². The van der Waals surface area contributed by atoms with Crippen molar-refractivity contribution in [1.82, 2.24) is 14.5 Å². The summed E-state index contributed by atoms with van der Waals surface area (Å²) in [5, 5.41) is 12.5. The Labute approximate surface area is 217 Å². The average Bonchev–Trinajstić information content (AvgIpc) is 3.19. The molecule has 5 nitrogen and oxygen atoms in total. The minimum absolute atomic E-state index is 0.0585. The highest BCUT2D eigenvalue weighted by atomic mass is 35.5. The van der Waals surface area contributed by atoms with Crippen molar-refractivity contribution in [2.75, 3.05) is 12.9 Å². The number of halogens is 5. The van der Waals surface area contributed by atoms with Crippen LogP contribution in [0.25, 0.3) is 0 Å². The summed E-state index contributed by atoms with van der Waals surface area (Å²) >= 11 is 13.2. The number of thioether (sulfide) groups is 1. The van der Waals surface area contributed by atoms with Gasteiger partial charge in [-0.25, -0.2) is 9.97 Å². The monoisotopic (exact) mass is 563 g/mol. The summed E-state index contributed by atoms with van der Waals surface area (Å²) in [4.78, 5) is 8.30. The van der Waals surface area contributed by atoms with E-state index < -0.39 is 30.6 Å². The van der Waals surface area contributed by atoms with E-state index in [9.17, 15) is 18.3 Å². The lowest BCUT2D eigenvalue weighted by Gasteiger charge is -2.29. The molecular formula is C23H26Cl2F3N3O2SSi. The number of rotatable bonds is 9. The van der Waals surface area contributed by atoms with Gasteiger partial charge in [-0.3, -0.25) is 0 Å². The molecule has 0 radical (unpaired) electrons. The molecule has 12 heteroatoms. The molecule has 0 aliphatic rings. The number of aliphatic hydroxyl groups is 1. The fourth-order valence-corrected chi connectivity index (χ4v) is 4.85. The molecule has 0 bridgehead atoms. The van der Waals surface area contributed by atoms with Crippen LogP contribution in [-0.4, -0.2) is 40.6 Å². The first-order valence-corrected chi connectivity index (χ1v) is 16.4. The Kier molecular flexibility index (Phi) is 8.66. The number of pyridine rings is 1. The van der Waals surface area contributed by atoms with Crippen LogP contribution in [0, 0.1) is 0 Å². The molecule has 190 valence electrons. The van der Waals surface area contributed by atoms with Crippen LogP contribution >= 0.6 is 35.0 Å². The smallest absolute Gasteiger partial charge is 0.372 e. The molecule has 0 saturated carbocycles. The topological polar surface area (TPSA) is 60.2 Å². The molecule has 0 aliphatic carbocycles. The molecule has 0 spiro atoms. The van der Waals surface area contributed by atoms with Gasteiger partial charge >= 0.3 is 6.18 Å². The number of hydrogen-bond donors (Lipinski definition) is 1. The quantitative estimate of drug-likeness (QED) is 0.174. The second-order valence-corrected chi connectivity index (χ2v) is 16.5. The Hall–Kier alpha value is -1.56. The zero-order valence-electron chi connectivity index (χ0n) is 19.7. The molecule has 35 heavy (non-hydrogen) atoms. The van der Waals surface area contributed by atoms with Crippen LogP contribution in [-0.2, 0) is 23.2 Å². The number of aromatic nitrogens is 3. The Morgan fingerprint density at radius 3 is 2.29 bits per heavy atom. The maximum Gasteiger partial charge on any atom is 0.434 e. The number of benzene rings is 1. The predicted molar refractivity (Wildman–Crippen MR) is 136 cm³/mol. The number of imidazole rings is 1. The Morgan fingerprint density at radius 2 is 1.71 bits per heavy atom. The molecule has 1 unspecified atom stereocenters. The van der Waals surface area contributed by atoms with Crippen molar-refractivity contribution in [3.05, 3.63) is 75.4 Å². The first kappa shape index (κ1) is 28.0. The molecule has 0 amide bonds. The van der Waals surface area contributed by atoms with Gasteiger partial charge in [-0.15, -0.1) is 11.8 Å². The van der Waals surface area contributed by atoms with E-state index in [1.807, 2.05) is 6.26 Å². The fraction of sp³-hybridized carbons (Fsp3) is 0.391. The van der Waals surface area contributed by atoms with E-state index in [1.165, 1.54) is 42.1 Å². The molecule has 1 atom stereocenters. The first-order chi connectivity index (χ1) is 16.3. The van der Waals surface area contributed by atoms with Crippen LogP contribution in [0.1, 0.15) is 22.8 Å². The maximum absolute atomic E-state index is 13.6. The van der Waals surface area contributed by atoms with Crippen LogP contribution in [0.15, 0.2) is 47.6 Å². The van der Waals surface area contributed by atoms with Crippen molar-refractivity contribution in [1.29, 1.82) is 0 Å². The molecule has 2 heterocycles. The van der Waals surface area contributed by atoms with Crippen LogP contribution < -0.4 is 0 Å². The highest BCUT2D eigenvalue weighted by Crippen LogP contribution is 2.40. The van der Waals surface area contributed by atoms with E-state index in [4.69, 9.17) is 27.9 Å². The van der Waals surface area contributed by atoms with E-state index in [0.29, 0.717) is 16.7 Å². The van der Waals surface area contributed by atoms with Gasteiger partial charge in [-0.05, 0) is 42.1 Å². The molecule has 2 aromatic heterocycles. The number of alkyl halides is 3. The normalized spacial score (nSPS) is 14.2. The lowest BCUT2D eigenvalue weighted by atomic mass is 9.88. The van der Waals surface area contributed by atoms with E-state index in [0.717, 1.165) is 12.1 Å². The third-order valence-electron chi connectivity index (χ3n) is 5.26. The van der Waals surface area contributed by atoms with E-state index in [1.54, 1.807) is 10.8 Å². The average molecular weight is 565 g/mol. The van der Waals surface area contributed by atoms with Gasteiger partial charge in [0.25, 0.3) is 0 Å². The highest BCUT2D eigenvalue weighted by Gasteiger charge is 2.43. The number of nitrogens with zero attached hydrogens (tertiary/aromatic N) is 3.